The van der Waals surface area contributed by atoms with E-state index in [1.165, 1.54) is 0 Å². The minimum absolute atomic E-state index is 0.397. The van der Waals surface area contributed by atoms with Gasteiger partial charge in [-0.05, 0) is 32.0 Å². The van der Waals surface area contributed by atoms with Crippen LogP contribution in [0.2, 0.25) is 0 Å². The van der Waals surface area contributed by atoms with Crippen molar-refractivity contribution in [3.8, 4) is 23.8 Å². The number of ether oxygens (including phenoxy) is 4. The van der Waals surface area contributed by atoms with Crippen LogP contribution >= 0.6 is 0 Å². The maximum atomic E-state index is 6.07. The van der Waals surface area contributed by atoms with Crippen LogP contribution in [0.4, 0.5) is 11.5 Å². The molecule has 0 amide bonds. The quantitative estimate of drug-likeness (QED) is 0.331. The average Bonchev–Trinajstić information content (AvgIpc) is 2.81. The molecular weight excluding hydrogens is 406 g/mol. The van der Waals surface area contributed by atoms with E-state index in [4.69, 9.17) is 25.4 Å². The first-order valence-corrected chi connectivity index (χ1v) is 10.5. The first kappa shape index (κ1) is 23.3. The van der Waals surface area contributed by atoms with Gasteiger partial charge >= 0.3 is 0 Å². The summed E-state index contributed by atoms with van der Waals surface area (Å²) in [6.45, 7) is 6.50. The summed E-state index contributed by atoms with van der Waals surface area (Å²) in [5.41, 5.74) is 3.44. The van der Waals surface area contributed by atoms with Crippen LogP contribution in [0.5, 0.6) is 11.5 Å². The van der Waals surface area contributed by atoms with Crippen molar-refractivity contribution >= 4 is 22.4 Å². The zero-order chi connectivity index (χ0) is 22.9. The molecule has 0 atom stereocenters. The summed E-state index contributed by atoms with van der Waals surface area (Å²) in [5.74, 6) is 4.74. The van der Waals surface area contributed by atoms with Gasteiger partial charge in [-0.1, -0.05) is 12.0 Å². The lowest BCUT2D eigenvalue weighted by atomic mass is 10.1. The van der Waals surface area contributed by atoms with Crippen LogP contribution in [0.1, 0.15) is 18.1 Å². The topological polar surface area (TPSA) is 65.9 Å². The van der Waals surface area contributed by atoms with E-state index >= 15 is 0 Å². The second kappa shape index (κ2) is 11.3. The number of anilines is 2. The molecule has 1 aromatic heterocycles. The number of methoxy groups -OCH3 is 2. The van der Waals surface area contributed by atoms with Crippen LogP contribution < -0.4 is 14.4 Å². The molecule has 0 N–H and O–H groups in total. The van der Waals surface area contributed by atoms with Gasteiger partial charge in [0, 0.05) is 43.6 Å². The molecule has 0 unspecified atom stereocenters. The van der Waals surface area contributed by atoms with Crippen LogP contribution in [0.15, 0.2) is 36.7 Å². The van der Waals surface area contributed by atoms with Gasteiger partial charge in [0.05, 0.1) is 24.1 Å². The van der Waals surface area contributed by atoms with Gasteiger partial charge in [-0.3, -0.25) is 0 Å². The van der Waals surface area contributed by atoms with Crippen molar-refractivity contribution in [2.45, 2.75) is 13.8 Å². The second-order valence-electron chi connectivity index (χ2n) is 7.04. The van der Waals surface area contributed by atoms with Crippen molar-refractivity contribution in [2.24, 2.45) is 0 Å². The first-order chi connectivity index (χ1) is 15.6. The Morgan fingerprint density at radius 1 is 1.00 bits per heavy atom. The average molecular weight is 436 g/mol. The molecule has 2 aromatic carbocycles. The largest absolute Gasteiger partial charge is 0.487 e. The molecule has 168 valence electrons. The second-order valence-corrected chi connectivity index (χ2v) is 7.04. The maximum Gasteiger partial charge on any atom is 0.165 e. The minimum Gasteiger partial charge on any atom is -0.487 e. The fraction of sp³-hybridized carbons (Fsp3) is 0.360. The van der Waals surface area contributed by atoms with Gasteiger partial charge in [0.1, 0.15) is 25.4 Å². The lowest BCUT2D eigenvalue weighted by Gasteiger charge is -2.25. The molecule has 7 heteroatoms. The molecule has 7 nitrogen and oxygen atoms in total. The predicted octanol–water partition coefficient (Wildman–Crippen LogP) is 4.13. The van der Waals surface area contributed by atoms with Gasteiger partial charge < -0.3 is 23.8 Å². The van der Waals surface area contributed by atoms with Gasteiger partial charge in [0.2, 0.25) is 0 Å². The van der Waals surface area contributed by atoms with Crippen LogP contribution in [0.3, 0.4) is 0 Å². The predicted molar refractivity (Wildman–Crippen MR) is 126 cm³/mol. The van der Waals surface area contributed by atoms with Crippen molar-refractivity contribution in [3.63, 3.8) is 0 Å². The summed E-state index contributed by atoms with van der Waals surface area (Å²) in [4.78, 5) is 11.3. The molecule has 0 spiro atoms. The van der Waals surface area contributed by atoms with Crippen LogP contribution in [0.25, 0.3) is 10.9 Å². The number of benzene rings is 2. The summed E-state index contributed by atoms with van der Waals surface area (Å²) in [6, 6.07) is 9.74. The van der Waals surface area contributed by atoms with Crippen molar-refractivity contribution in [2.75, 3.05) is 52.1 Å². The lowest BCUT2D eigenvalue weighted by Crippen LogP contribution is -2.18. The van der Waals surface area contributed by atoms with E-state index in [0.717, 1.165) is 33.5 Å². The molecule has 1 heterocycles. The van der Waals surface area contributed by atoms with Gasteiger partial charge in [-0.2, -0.15) is 0 Å². The fourth-order valence-electron chi connectivity index (χ4n) is 3.52. The fourth-order valence-corrected chi connectivity index (χ4v) is 3.52. The standard InChI is InChI=1S/C25H29N3O4/c1-6-19-9-8-10-20(15-19)28(7-2)25-23-18(3)24(32-14-12-30-5)22(31-13-11-29-4)16-21(23)26-17-27-25/h1,8-10,15-17H,7,11-14H2,2-5H3. The van der Waals surface area contributed by atoms with Gasteiger partial charge in [0.25, 0.3) is 0 Å². The van der Waals surface area contributed by atoms with E-state index in [1.54, 1.807) is 20.5 Å². The zero-order valence-corrected chi connectivity index (χ0v) is 19.1. The molecule has 0 radical (unpaired) electrons. The first-order valence-electron chi connectivity index (χ1n) is 10.5. The Hall–Kier alpha value is -3.34. The molecule has 0 saturated heterocycles. The van der Waals surface area contributed by atoms with Crippen molar-refractivity contribution in [3.05, 3.63) is 47.8 Å². The summed E-state index contributed by atoms with van der Waals surface area (Å²) in [5, 5.41) is 0.895. The Morgan fingerprint density at radius 3 is 2.44 bits per heavy atom. The highest BCUT2D eigenvalue weighted by Crippen LogP contribution is 2.41. The van der Waals surface area contributed by atoms with Crippen molar-refractivity contribution in [1.29, 1.82) is 0 Å². The number of terminal acetylenes is 1. The number of hydrogen-bond donors (Lipinski definition) is 0. The Kier molecular flexibility index (Phi) is 8.26. The third-order valence-electron chi connectivity index (χ3n) is 5.04. The molecule has 3 rings (SSSR count). The van der Waals surface area contributed by atoms with E-state index in [2.05, 4.69) is 27.7 Å². The Balaban J connectivity index is 2.14. The summed E-state index contributed by atoms with van der Waals surface area (Å²) >= 11 is 0. The van der Waals surface area contributed by atoms with E-state index in [1.807, 2.05) is 37.3 Å². The third kappa shape index (κ3) is 5.10. The number of hydrogen-bond acceptors (Lipinski definition) is 7. The Morgan fingerprint density at radius 2 is 1.75 bits per heavy atom. The molecule has 0 aliphatic rings. The number of nitrogens with zero attached hydrogens (tertiary/aromatic N) is 3. The number of aryl methyl sites for hydroxylation is 1. The maximum absolute atomic E-state index is 6.07. The van der Waals surface area contributed by atoms with Crippen LogP contribution in [0, 0.1) is 19.3 Å². The third-order valence-corrected chi connectivity index (χ3v) is 5.04. The highest BCUT2D eigenvalue weighted by molar-refractivity contribution is 5.97. The van der Waals surface area contributed by atoms with E-state index < -0.39 is 0 Å². The summed E-state index contributed by atoms with van der Waals surface area (Å²) in [6.07, 6.45) is 7.18. The Labute approximate surface area is 189 Å². The molecule has 32 heavy (non-hydrogen) atoms. The molecule has 0 aliphatic heterocycles. The Bertz CT molecular complexity index is 1090. The highest BCUT2D eigenvalue weighted by Gasteiger charge is 2.21. The van der Waals surface area contributed by atoms with E-state index in [0.29, 0.717) is 44.5 Å². The summed E-state index contributed by atoms with van der Waals surface area (Å²) in [7, 11) is 3.28. The zero-order valence-electron chi connectivity index (χ0n) is 19.1. The van der Waals surface area contributed by atoms with E-state index in [-0.39, 0.29) is 0 Å². The summed E-state index contributed by atoms with van der Waals surface area (Å²) < 4.78 is 22.3. The number of rotatable bonds is 11. The molecule has 0 aliphatic carbocycles. The lowest BCUT2D eigenvalue weighted by molar-refractivity contribution is 0.132. The van der Waals surface area contributed by atoms with Gasteiger partial charge in [-0.15, -0.1) is 6.42 Å². The van der Waals surface area contributed by atoms with Gasteiger partial charge in [-0.25, -0.2) is 9.97 Å². The molecule has 0 bridgehead atoms. The number of fused-ring (bicyclic) bond motifs is 1. The van der Waals surface area contributed by atoms with Crippen LogP contribution in [-0.2, 0) is 9.47 Å². The highest BCUT2D eigenvalue weighted by atomic mass is 16.5. The molecule has 0 fully saturated rings. The van der Waals surface area contributed by atoms with Gasteiger partial charge in [0.15, 0.2) is 11.5 Å². The van der Waals surface area contributed by atoms with Crippen molar-refractivity contribution < 1.29 is 18.9 Å². The molecular formula is C25H29N3O4. The molecule has 0 saturated carbocycles. The minimum atomic E-state index is 0.397. The van der Waals surface area contributed by atoms with Crippen molar-refractivity contribution in [1.82, 2.24) is 9.97 Å². The molecule has 3 aromatic rings. The van der Waals surface area contributed by atoms with Crippen LogP contribution in [-0.4, -0.2) is 57.2 Å². The monoisotopic (exact) mass is 435 g/mol. The SMILES string of the molecule is C#Cc1cccc(N(CC)c2ncnc3cc(OCCOC)c(OCCOC)c(C)c23)c1. The number of aromatic nitrogens is 2. The van der Waals surface area contributed by atoms with E-state index in [9.17, 15) is 0 Å². The smallest absolute Gasteiger partial charge is 0.165 e. The normalized spacial score (nSPS) is 10.7.